The topological polar surface area (TPSA) is 149 Å². The standard InChI is InChI=1S/C16H33N5O4/c1-20-8-9-3-4-11(19)16(24-9)25-15-10(18)5-6-12(14(15)23)21(2)13(22)7-17/h9-12,14-16,20,23H,3-8,17-19H2,1-2H3/t9-,10+,11+,12+,14+,15+,16+/m0/s1. The summed E-state index contributed by atoms with van der Waals surface area (Å²) in [4.78, 5) is 13.4. The number of carbonyl (C=O) groups excluding carboxylic acids is 1. The van der Waals surface area contributed by atoms with Gasteiger partial charge in [-0.15, -0.1) is 0 Å². The lowest BCUT2D eigenvalue weighted by Gasteiger charge is -2.45. The summed E-state index contributed by atoms with van der Waals surface area (Å²) in [6.45, 7) is 0.613. The summed E-state index contributed by atoms with van der Waals surface area (Å²) < 4.78 is 11.9. The van der Waals surface area contributed by atoms with Gasteiger partial charge in [0.2, 0.25) is 5.91 Å². The lowest BCUT2D eigenvalue weighted by Crippen LogP contribution is -2.62. The molecule has 1 heterocycles. The molecule has 146 valence electrons. The molecule has 0 unspecified atom stereocenters. The molecule has 9 heteroatoms. The third-order valence-electron chi connectivity index (χ3n) is 5.24. The van der Waals surface area contributed by atoms with Crippen LogP contribution in [0.15, 0.2) is 0 Å². The highest BCUT2D eigenvalue weighted by Gasteiger charge is 2.43. The van der Waals surface area contributed by atoms with Crippen molar-refractivity contribution < 1.29 is 19.4 Å². The number of nitrogens with two attached hydrogens (primary N) is 3. The SMILES string of the molecule is CNC[C@@H]1CC[C@@H](N)[C@@H](O[C@H]2[C@H](O)[C@H](N(C)C(=O)CN)CC[C@H]2N)O1. The van der Waals surface area contributed by atoms with Crippen molar-refractivity contribution in [2.75, 3.05) is 27.2 Å². The molecule has 2 fully saturated rings. The van der Waals surface area contributed by atoms with Gasteiger partial charge in [0.15, 0.2) is 6.29 Å². The Hall–Kier alpha value is -0.810. The molecule has 7 atom stereocenters. The summed E-state index contributed by atoms with van der Waals surface area (Å²) >= 11 is 0. The molecule has 1 saturated heterocycles. The van der Waals surface area contributed by atoms with Crippen molar-refractivity contribution in [1.82, 2.24) is 10.2 Å². The van der Waals surface area contributed by atoms with Crippen molar-refractivity contribution in [3.63, 3.8) is 0 Å². The number of aliphatic hydroxyl groups excluding tert-OH is 1. The van der Waals surface area contributed by atoms with Gasteiger partial charge in [0.1, 0.15) is 12.2 Å². The van der Waals surface area contributed by atoms with Crippen LogP contribution < -0.4 is 22.5 Å². The molecule has 0 aromatic rings. The lowest BCUT2D eigenvalue weighted by atomic mass is 9.85. The molecule has 2 aliphatic rings. The normalized spacial score (nSPS) is 39.2. The first-order chi connectivity index (χ1) is 11.9. The Morgan fingerprint density at radius 2 is 1.96 bits per heavy atom. The van der Waals surface area contributed by atoms with Crippen LogP contribution in [-0.2, 0) is 14.3 Å². The first kappa shape index (κ1) is 20.5. The van der Waals surface area contributed by atoms with Crippen molar-refractivity contribution in [3.8, 4) is 0 Å². The molecule has 1 aliphatic carbocycles. The first-order valence-corrected chi connectivity index (χ1v) is 8.99. The van der Waals surface area contributed by atoms with Gasteiger partial charge in [-0.3, -0.25) is 4.79 Å². The van der Waals surface area contributed by atoms with E-state index in [-0.39, 0.29) is 36.7 Å². The summed E-state index contributed by atoms with van der Waals surface area (Å²) in [5.74, 6) is -0.224. The molecule has 0 radical (unpaired) electrons. The van der Waals surface area contributed by atoms with Gasteiger partial charge in [-0.1, -0.05) is 0 Å². The number of hydrogen-bond donors (Lipinski definition) is 5. The van der Waals surface area contributed by atoms with E-state index >= 15 is 0 Å². The fourth-order valence-corrected chi connectivity index (χ4v) is 3.64. The van der Waals surface area contributed by atoms with Crippen molar-refractivity contribution >= 4 is 5.91 Å². The Morgan fingerprint density at radius 1 is 1.28 bits per heavy atom. The zero-order valence-electron chi connectivity index (χ0n) is 15.1. The van der Waals surface area contributed by atoms with E-state index in [1.807, 2.05) is 7.05 Å². The highest BCUT2D eigenvalue weighted by atomic mass is 16.7. The van der Waals surface area contributed by atoms with Gasteiger partial charge in [-0.2, -0.15) is 0 Å². The van der Waals surface area contributed by atoms with Gasteiger partial charge in [0, 0.05) is 19.6 Å². The average molecular weight is 359 g/mol. The molecule has 1 saturated carbocycles. The number of carbonyl (C=O) groups is 1. The van der Waals surface area contributed by atoms with E-state index in [4.69, 9.17) is 26.7 Å². The van der Waals surface area contributed by atoms with Crippen molar-refractivity contribution in [1.29, 1.82) is 0 Å². The Bertz CT molecular complexity index is 441. The maximum Gasteiger partial charge on any atom is 0.236 e. The number of aliphatic hydroxyl groups is 1. The van der Waals surface area contributed by atoms with E-state index in [0.29, 0.717) is 19.4 Å². The molecule has 25 heavy (non-hydrogen) atoms. The quantitative estimate of drug-likeness (QED) is 0.355. The van der Waals surface area contributed by atoms with Gasteiger partial charge in [0.05, 0.1) is 24.7 Å². The monoisotopic (exact) mass is 359 g/mol. The second kappa shape index (κ2) is 9.22. The highest BCUT2D eigenvalue weighted by molar-refractivity contribution is 5.78. The Labute approximate surface area is 149 Å². The van der Waals surface area contributed by atoms with E-state index < -0.39 is 18.5 Å². The minimum atomic E-state index is -0.912. The van der Waals surface area contributed by atoms with Gasteiger partial charge in [0.25, 0.3) is 0 Å². The van der Waals surface area contributed by atoms with Crippen molar-refractivity contribution in [2.45, 2.75) is 68.4 Å². The number of nitrogens with one attached hydrogen (secondary N) is 1. The molecule has 9 nitrogen and oxygen atoms in total. The smallest absolute Gasteiger partial charge is 0.236 e. The Balaban J connectivity index is 2.03. The molecule has 0 spiro atoms. The first-order valence-electron chi connectivity index (χ1n) is 8.99. The summed E-state index contributed by atoms with van der Waals surface area (Å²) in [6.07, 6.45) is 0.722. The predicted molar refractivity (Wildman–Crippen MR) is 93.5 cm³/mol. The second-order valence-electron chi connectivity index (χ2n) is 7.03. The second-order valence-corrected chi connectivity index (χ2v) is 7.03. The maximum atomic E-state index is 11.9. The predicted octanol–water partition coefficient (Wildman–Crippen LogP) is -2.31. The largest absolute Gasteiger partial charge is 0.388 e. The van der Waals surface area contributed by atoms with Gasteiger partial charge in [-0.25, -0.2) is 0 Å². The van der Waals surface area contributed by atoms with E-state index in [0.717, 1.165) is 12.8 Å². The van der Waals surface area contributed by atoms with E-state index in [1.54, 1.807) is 7.05 Å². The number of ether oxygens (including phenoxy) is 2. The van der Waals surface area contributed by atoms with E-state index in [9.17, 15) is 9.90 Å². The van der Waals surface area contributed by atoms with Crippen LogP contribution in [0.4, 0.5) is 0 Å². The minimum absolute atomic E-state index is 0.0176. The fraction of sp³-hybridized carbons (Fsp3) is 0.938. The van der Waals surface area contributed by atoms with Crippen LogP contribution in [0.3, 0.4) is 0 Å². The zero-order valence-corrected chi connectivity index (χ0v) is 15.1. The van der Waals surface area contributed by atoms with Crippen LogP contribution in [0, 0.1) is 0 Å². The van der Waals surface area contributed by atoms with Gasteiger partial charge >= 0.3 is 0 Å². The summed E-state index contributed by atoms with van der Waals surface area (Å²) in [5, 5.41) is 13.8. The van der Waals surface area contributed by atoms with Crippen LogP contribution >= 0.6 is 0 Å². The third-order valence-corrected chi connectivity index (χ3v) is 5.24. The van der Waals surface area contributed by atoms with E-state index in [2.05, 4.69) is 5.32 Å². The molecular weight excluding hydrogens is 326 g/mol. The number of amides is 1. The fourth-order valence-electron chi connectivity index (χ4n) is 3.64. The molecule has 0 aromatic carbocycles. The number of rotatable bonds is 6. The number of hydrogen-bond acceptors (Lipinski definition) is 8. The highest BCUT2D eigenvalue weighted by Crippen LogP contribution is 2.28. The Morgan fingerprint density at radius 3 is 2.60 bits per heavy atom. The molecule has 8 N–H and O–H groups in total. The van der Waals surface area contributed by atoms with Gasteiger partial charge < -0.3 is 42.0 Å². The van der Waals surface area contributed by atoms with Gasteiger partial charge in [-0.05, 0) is 32.7 Å². The van der Waals surface area contributed by atoms with Crippen LogP contribution in [0.25, 0.3) is 0 Å². The van der Waals surface area contributed by atoms with Crippen LogP contribution in [0.5, 0.6) is 0 Å². The van der Waals surface area contributed by atoms with Crippen molar-refractivity contribution in [3.05, 3.63) is 0 Å². The molecule has 0 bridgehead atoms. The van der Waals surface area contributed by atoms with Crippen molar-refractivity contribution in [2.24, 2.45) is 17.2 Å². The summed E-state index contributed by atoms with van der Waals surface area (Å²) in [5.41, 5.74) is 17.7. The van der Waals surface area contributed by atoms with Crippen LogP contribution in [-0.4, -0.2) is 85.8 Å². The minimum Gasteiger partial charge on any atom is -0.388 e. The van der Waals surface area contributed by atoms with E-state index in [1.165, 1.54) is 4.90 Å². The van der Waals surface area contributed by atoms with Crippen LogP contribution in [0.2, 0.25) is 0 Å². The molecular formula is C16H33N5O4. The molecule has 1 aliphatic heterocycles. The summed E-state index contributed by atoms with van der Waals surface area (Å²) in [7, 11) is 3.51. The third kappa shape index (κ3) is 4.88. The number of likely N-dealkylation sites (N-methyl/N-ethyl adjacent to an activating group) is 2. The molecule has 2 rings (SSSR count). The lowest BCUT2D eigenvalue weighted by molar-refractivity contribution is -0.247. The summed E-state index contributed by atoms with van der Waals surface area (Å²) in [6, 6.07) is -0.988. The molecule has 1 amide bonds. The average Bonchev–Trinajstić information content (AvgIpc) is 2.60. The Kier molecular flexibility index (Phi) is 7.56. The number of nitrogens with zero attached hydrogens (tertiary/aromatic N) is 1. The maximum absolute atomic E-state index is 11.9. The zero-order chi connectivity index (χ0) is 18.6. The molecule has 0 aromatic heterocycles. The van der Waals surface area contributed by atoms with Crippen LogP contribution in [0.1, 0.15) is 25.7 Å².